The van der Waals surface area contributed by atoms with Crippen molar-refractivity contribution in [1.82, 2.24) is 4.98 Å². The Morgan fingerprint density at radius 1 is 0.552 bits per heavy atom. The Labute approximate surface area is 167 Å². The van der Waals surface area contributed by atoms with Crippen molar-refractivity contribution in [3.63, 3.8) is 0 Å². The number of hydrogen-bond acceptors (Lipinski definition) is 0. The van der Waals surface area contributed by atoms with Gasteiger partial charge in [-0.25, -0.2) is 8.78 Å². The average molecular weight is 381 g/mol. The Bertz CT molecular complexity index is 1310. The summed E-state index contributed by atoms with van der Waals surface area (Å²) in [6.45, 7) is 0. The van der Waals surface area contributed by atoms with Gasteiger partial charge in [-0.05, 0) is 58.7 Å². The van der Waals surface area contributed by atoms with Crippen LogP contribution in [-0.4, -0.2) is 4.98 Å². The molecule has 0 atom stereocenters. The van der Waals surface area contributed by atoms with E-state index in [2.05, 4.69) is 41.4 Å². The van der Waals surface area contributed by atoms with Crippen LogP contribution in [0, 0.1) is 11.6 Å². The van der Waals surface area contributed by atoms with Gasteiger partial charge in [0, 0.05) is 22.2 Å². The minimum Gasteiger partial charge on any atom is -0.354 e. The van der Waals surface area contributed by atoms with Gasteiger partial charge in [0.15, 0.2) is 0 Å². The lowest BCUT2D eigenvalue weighted by Crippen LogP contribution is -1.86. The van der Waals surface area contributed by atoms with E-state index < -0.39 is 11.6 Å². The molecular formula is C26H17F2N. The lowest BCUT2D eigenvalue weighted by molar-refractivity contribution is 0.603. The molecule has 0 unspecified atom stereocenters. The number of hydrogen-bond donors (Lipinski definition) is 1. The highest BCUT2D eigenvalue weighted by Gasteiger charge is 2.14. The third-order valence-corrected chi connectivity index (χ3v) is 5.15. The summed E-state index contributed by atoms with van der Waals surface area (Å²) in [5.41, 5.74) is 5.93. The largest absolute Gasteiger partial charge is 0.354 e. The molecule has 0 saturated heterocycles. The first kappa shape index (κ1) is 17.4. The van der Waals surface area contributed by atoms with Crippen molar-refractivity contribution >= 4 is 10.9 Å². The smallest absolute Gasteiger partial charge is 0.132 e. The van der Waals surface area contributed by atoms with E-state index in [1.54, 1.807) is 0 Å². The molecular weight excluding hydrogens is 364 g/mol. The fraction of sp³-hybridized carbons (Fsp3) is 0. The Hall–Kier alpha value is -3.72. The monoisotopic (exact) mass is 381 g/mol. The highest BCUT2D eigenvalue weighted by atomic mass is 19.1. The van der Waals surface area contributed by atoms with Crippen LogP contribution in [-0.2, 0) is 0 Å². The van der Waals surface area contributed by atoms with Crippen molar-refractivity contribution in [3.05, 3.63) is 109 Å². The Balaban J connectivity index is 1.78. The summed E-state index contributed by atoms with van der Waals surface area (Å²) in [6, 6.07) is 29.8. The fourth-order valence-corrected chi connectivity index (χ4v) is 3.74. The Morgan fingerprint density at radius 2 is 1.24 bits per heavy atom. The molecule has 0 aliphatic heterocycles. The molecule has 0 amide bonds. The molecule has 0 fully saturated rings. The zero-order chi connectivity index (χ0) is 19.8. The third kappa shape index (κ3) is 3.21. The molecule has 0 aliphatic rings. The number of halogens is 2. The normalized spacial score (nSPS) is 11.1. The van der Waals surface area contributed by atoms with E-state index in [1.807, 2.05) is 42.5 Å². The molecule has 4 aromatic carbocycles. The second-order valence-corrected chi connectivity index (χ2v) is 7.02. The van der Waals surface area contributed by atoms with Crippen LogP contribution < -0.4 is 0 Å². The topological polar surface area (TPSA) is 15.8 Å². The molecule has 0 spiro atoms. The van der Waals surface area contributed by atoms with Crippen molar-refractivity contribution in [2.24, 2.45) is 0 Å². The molecule has 0 radical (unpaired) electrons. The van der Waals surface area contributed by atoms with Gasteiger partial charge in [-0.2, -0.15) is 0 Å². The maximum absolute atomic E-state index is 14.4. The zero-order valence-electron chi connectivity index (χ0n) is 15.5. The van der Waals surface area contributed by atoms with Crippen LogP contribution in [0.25, 0.3) is 44.4 Å². The molecule has 29 heavy (non-hydrogen) atoms. The van der Waals surface area contributed by atoms with Crippen LogP contribution >= 0.6 is 0 Å². The summed E-state index contributed by atoms with van der Waals surface area (Å²) in [5, 5.41) is 0.967. The molecule has 0 saturated carbocycles. The standard InChI is InChI=1S/C26H17F2N/c27-20-11-12-24(28)23(15-20)26-16-22-21(18-9-5-2-6-10-18)13-19(14-25(22)29-26)17-7-3-1-4-8-17/h1-16,29H. The number of H-pyrrole nitrogens is 1. The van der Waals surface area contributed by atoms with E-state index in [9.17, 15) is 8.78 Å². The fourth-order valence-electron chi connectivity index (χ4n) is 3.74. The van der Waals surface area contributed by atoms with Crippen LogP contribution in [0.5, 0.6) is 0 Å². The van der Waals surface area contributed by atoms with Crippen LogP contribution in [0.4, 0.5) is 8.78 Å². The number of benzene rings is 4. The molecule has 0 aliphatic carbocycles. The number of fused-ring (bicyclic) bond motifs is 1. The molecule has 3 heteroatoms. The molecule has 140 valence electrons. The van der Waals surface area contributed by atoms with Crippen LogP contribution in [0.3, 0.4) is 0 Å². The molecule has 0 bridgehead atoms. The van der Waals surface area contributed by atoms with Crippen LogP contribution in [0.15, 0.2) is 97.1 Å². The molecule has 1 heterocycles. The van der Waals surface area contributed by atoms with E-state index in [0.717, 1.165) is 45.3 Å². The van der Waals surface area contributed by atoms with Gasteiger partial charge in [-0.1, -0.05) is 60.7 Å². The van der Waals surface area contributed by atoms with Gasteiger partial charge < -0.3 is 4.98 Å². The van der Waals surface area contributed by atoms with Gasteiger partial charge in [0.05, 0.1) is 0 Å². The average Bonchev–Trinajstić information content (AvgIpc) is 3.20. The summed E-state index contributed by atoms with van der Waals surface area (Å²) in [5.74, 6) is -0.921. The zero-order valence-corrected chi connectivity index (χ0v) is 15.5. The summed E-state index contributed by atoms with van der Waals surface area (Å²) < 4.78 is 28.1. The molecule has 1 N–H and O–H groups in total. The second-order valence-electron chi connectivity index (χ2n) is 7.02. The van der Waals surface area contributed by atoms with Crippen molar-refractivity contribution in [2.75, 3.05) is 0 Å². The molecule has 5 rings (SSSR count). The predicted octanol–water partition coefficient (Wildman–Crippen LogP) is 7.45. The summed E-state index contributed by atoms with van der Waals surface area (Å²) in [7, 11) is 0. The first-order valence-electron chi connectivity index (χ1n) is 9.42. The molecule has 5 aromatic rings. The first-order valence-corrected chi connectivity index (χ1v) is 9.42. The van der Waals surface area contributed by atoms with Crippen molar-refractivity contribution in [2.45, 2.75) is 0 Å². The second kappa shape index (κ2) is 7.02. The third-order valence-electron chi connectivity index (χ3n) is 5.15. The quantitative estimate of drug-likeness (QED) is 0.334. The van der Waals surface area contributed by atoms with E-state index in [4.69, 9.17) is 0 Å². The van der Waals surface area contributed by atoms with E-state index >= 15 is 0 Å². The van der Waals surface area contributed by atoms with Gasteiger partial charge in [0.25, 0.3) is 0 Å². The lowest BCUT2D eigenvalue weighted by Gasteiger charge is -2.08. The van der Waals surface area contributed by atoms with Crippen molar-refractivity contribution < 1.29 is 8.78 Å². The highest BCUT2D eigenvalue weighted by Crippen LogP contribution is 2.37. The minimum atomic E-state index is -0.465. The van der Waals surface area contributed by atoms with Gasteiger partial charge in [0.2, 0.25) is 0 Å². The number of aromatic amines is 1. The van der Waals surface area contributed by atoms with Crippen LogP contribution in [0.2, 0.25) is 0 Å². The predicted molar refractivity (Wildman–Crippen MR) is 115 cm³/mol. The van der Waals surface area contributed by atoms with E-state index in [1.165, 1.54) is 6.07 Å². The van der Waals surface area contributed by atoms with Crippen molar-refractivity contribution in [1.29, 1.82) is 0 Å². The SMILES string of the molecule is Fc1ccc(F)c(-c2cc3c(-c4ccccc4)cc(-c4ccccc4)cc3[nH]2)c1. The van der Waals surface area contributed by atoms with Gasteiger partial charge in [-0.15, -0.1) is 0 Å². The number of nitrogens with one attached hydrogen (secondary N) is 1. The summed E-state index contributed by atoms with van der Waals surface area (Å²) in [6.07, 6.45) is 0. The lowest BCUT2D eigenvalue weighted by atomic mass is 9.95. The molecule has 1 aromatic heterocycles. The Kier molecular flexibility index (Phi) is 4.21. The number of rotatable bonds is 3. The maximum Gasteiger partial charge on any atom is 0.132 e. The van der Waals surface area contributed by atoms with Gasteiger partial charge in [-0.3, -0.25) is 0 Å². The first-order chi connectivity index (χ1) is 14.2. The van der Waals surface area contributed by atoms with E-state index in [0.29, 0.717) is 5.69 Å². The highest BCUT2D eigenvalue weighted by molar-refractivity contribution is 6.01. The maximum atomic E-state index is 14.4. The minimum absolute atomic E-state index is 0.224. The van der Waals surface area contributed by atoms with E-state index in [-0.39, 0.29) is 5.56 Å². The van der Waals surface area contributed by atoms with Gasteiger partial charge >= 0.3 is 0 Å². The van der Waals surface area contributed by atoms with Crippen LogP contribution in [0.1, 0.15) is 0 Å². The van der Waals surface area contributed by atoms with Gasteiger partial charge in [0.1, 0.15) is 11.6 Å². The Morgan fingerprint density at radius 3 is 1.97 bits per heavy atom. The van der Waals surface area contributed by atoms with Crippen molar-refractivity contribution in [3.8, 4) is 33.5 Å². The number of aromatic nitrogens is 1. The molecule has 1 nitrogen and oxygen atoms in total. The summed E-state index contributed by atoms with van der Waals surface area (Å²) >= 11 is 0. The summed E-state index contributed by atoms with van der Waals surface area (Å²) in [4.78, 5) is 3.29.